The SMILES string of the molecule is Cc1ccccc1S(OS(=O)(=O)c1c(F)c(F)c(F)c(F)c1F)(c1ccc(Sc2ccc(I(OS(=O)(=O)c3c(F)c(F)c(F)c(F)c3F)c3ccccc3)cc2)cc1)c1ccccc1C. The molecule has 0 spiro atoms. The van der Waals surface area contributed by atoms with Gasteiger partial charge in [0.15, 0.2) is 28.2 Å². The van der Waals surface area contributed by atoms with E-state index in [-0.39, 0.29) is 21.8 Å². The minimum atomic E-state index is -5.84. The zero-order valence-electron chi connectivity index (χ0n) is 32.9. The first-order valence-electron chi connectivity index (χ1n) is 18.2. The molecule has 7 rings (SSSR count). The Morgan fingerprint density at radius 1 is 0.415 bits per heavy atom. The molecule has 0 amide bonds. The molecule has 0 saturated carbocycles. The summed E-state index contributed by atoms with van der Waals surface area (Å²) in [6.07, 6.45) is 0. The van der Waals surface area contributed by atoms with Crippen molar-refractivity contribution in [2.45, 2.75) is 48.1 Å². The molecule has 65 heavy (non-hydrogen) atoms. The number of benzene rings is 7. The normalized spacial score (nSPS) is 12.6. The van der Waals surface area contributed by atoms with Gasteiger partial charge >= 0.3 is 267 Å². The van der Waals surface area contributed by atoms with Crippen LogP contribution in [0.25, 0.3) is 0 Å². The van der Waals surface area contributed by atoms with Crippen molar-refractivity contribution < 1.29 is 66.9 Å². The molecule has 0 saturated heterocycles. The van der Waals surface area contributed by atoms with Crippen molar-refractivity contribution in [3.63, 3.8) is 0 Å². The third kappa shape index (κ3) is 9.02. The molecule has 0 aliphatic heterocycles. The molecule has 340 valence electrons. The van der Waals surface area contributed by atoms with Gasteiger partial charge in [-0.2, -0.15) is 8.42 Å². The van der Waals surface area contributed by atoms with Crippen LogP contribution in [0.1, 0.15) is 11.1 Å². The van der Waals surface area contributed by atoms with Crippen LogP contribution in [0.2, 0.25) is 0 Å². The Hall–Kier alpha value is -4.91. The van der Waals surface area contributed by atoms with E-state index >= 15 is 8.78 Å². The van der Waals surface area contributed by atoms with Gasteiger partial charge in [-0.25, -0.2) is 22.0 Å². The van der Waals surface area contributed by atoms with Gasteiger partial charge in [0.1, 0.15) is 0 Å². The van der Waals surface area contributed by atoms with Gasteiger partial charge in [-0.05, 0) is 13.8 Å². The molecule has 0 radical (unpaired) electrons. The van der Waals surface area contributed by atoms with Crippen molar-refractivity contribution in [1.29, 1.82) is 0 Å². The number of aryl methyl sites for hydroxylation is 2. The molecule has 21 heteroatoms. The van der Waals surface area contributed by atoms with Crippen LogP contribution in [-0.2, 0) is 26.4 Å². The van der Waals surface area contributed by atoms with Crippen LogP contribution < -0.4 is 0 Å². The summed E-state index contributed by atoms with van der Waals surface area (Å²) in [5.74, 6) is -25.5. The van der Waals surface area contributed by atoms with Crippen LogP contribution in [0.3, 0.4) is 0 Å². The van der Waals surface area contributed by atoms with E-state index in [2.05, 4.69) is 0 Å². The number of hydrogen-bond donors (Lipinski definition) is 0. The number of rotatable bonds is 13. The minimum Gasteiger partial charge on any atom is -0.0619 e. The van der Waals surface area contributed by atoms with Crippen LogP contribution in [0.5, 0.6) is 0 Å². The Kier molecular flexibility index (Phi) is 13.9. The average molecular weight is 1100 g/mol. The smallest absolute Gasteiger partial charge is 0.0619 e. The first-order valence-corrected chi connectivity index (χ1v) is 26.5. The maximum absolute atomic E-state index is 15.2. The van der Waals surface area contributed by atoms with Gasteiger partial charge in [0.2, 0.25) is 5.82 Å². The van der Waals surface area contributed by atoms with E-state index in [0.717, 1.165) is 11.8 Å². The van der Waals surface area contributed by atoms with E-state index in [4.69, 9.17) is 6.14 Å². The second kappa shape index (κ2) is 18.8. The first-order chi connectivity index (χ1) is 30.7. The van der Waals surface area contributed by atoms with Crippen LogP contribution in [0, 0.1) is 79.2 Å². The van der Waals surface area contributed by atoms with Crippen LogP contribution in [-0.4, -0.2) is 16.8 Å². The Bertz CT molecular complexity index is 3100. The summed E-state index contributed by atoms with van der Waals surface area (Å²) in [5, 5.41) is 0. The summed E-state index contributed by atoms with van der Waals surface area (Å²) in [6, 6.07) is 32.2. The summed E-state index contributed by atoms with van der Waals surface area (Å²) < 4.78 is 211. The van der Waals surface area contributed by atoms with Crippen LogP contribution in [0.15, 0.2) is 162 Å². The van der Waals surface area contributed by atoms with E-state index in [9.17, 15) is 52.0 Å². The topological polar surface area (TPSA) is 86.7 Å². The van der Waals surface area contributed by atoms with E-state index in [0.29, 0.717) is 20.9 Å². The minimum absolute atomic E-state index is 0.123. The molecule has 0 aromatic heterocycles. The molecule has 7 aromatic carbocycles. The monoisotopic (exact) mass is 1100 g/mol. The Morgan fingerprint density at radius 2 is 0.769 bits per heavy atom. The fraction of sp³-hybridized carbons (Fsp3) is 0.0455. The predicted octanol–water partition coefficient (Wildman–Crippen LogP) is 13.3. The predicted molar refractivity (Wildman–Crippen MR) is 229 cm³/mol. The van der Waals surface area contributed by atoms with Crippen molar-refractivity contribution in [2.24, 2.45) is 0 Å². The summed E-state index contributed by atoms with van der Waals surface area (Å²) in [5.41, 5.74) is 0.887. The Morgan fingerprint density at radius 3 is 1.20 bits per heavy atom. The molecule has 0 atom stereocenters. The average Bonchev–Trinajstić information content (AvgIpc) is 3.28. The number of hydrogen-bond acceptors (Lipinski definition) is 7. The van der Waals surface area contributed by atoms with Crippen molar-refractivity contribution in [3.05, 3.63) is 204 Å². The van der Waals surface area contributed by atoms with Crippen molar-refractivity contribution in [3.8, 4) is 0 Å². The molecule has 0 bridgehead atoms. The molecule has 0 unspecified atom stereocenters. The molecule has 7 aromatic rings. The van der Waals surface area contributed by atoms with Gasteiger partial charge in [-0.3, -0.25) is 0 Å². The van der Waals surface area contributed by atoms with E-state index in [1.165, 1.54) is 72.8 Å². The standard InChI is InChI=1S/C44H27F10IO6S4/c1-24-10-6-8-14-31(24)63(32-15-9-7-11-25(32)2,61-65(58,59)44-41(53)37(49)34(46)38(50)42(44)54)30-22-20-29(21-23-30)62-28-18-16-27(17-19-28)55(26-12-4-3-5-13-26)60-64(56,57)43-39(51)35(47)33(45)36(48)40(43)52/h3-23H,1-2H3. The van der Waals surface area contributed by atoms with Gasteiger partial charge in [0, 0.05) is 0 Å². The van der Waals surface area contributed by atoms with Crippen molar-refractivity contribution in [2.75, 3.05) is 0 Å². The molecule has 0 fully saturated rings. The zero-order valence-corrected chi connectivity index (χ0v) is 38.3. The van der Waals surface area contributed by atoms with E-state index in [1.54, 1.807) is 68.4 Å². The number of halogens is 11. The van der Waals surface area contributed by atoms with Gasteiger partial charge in [0.05, 0.1) is 0 Å². The van der Waals surface area contributed by atoms with Gasteiger partial charge in [-0.1, -0.05) is 36.4 Å². The molecule has 6 nitrogen and oxygen atoms in total. The van der Waals surface area contributed by atoms with Crippen molar-refractivity contribution in [1.82, 2.24) is 0 Å². The third-order valence-corrected chi connectivity index (χ3v) is 23.2. The van der Waals surface area contributed by atoms with Gasteiger partial charge < -0.3 is 0 Å². The maximum atomic E-state index is 15.2. The molecule has 0 heterocycles. The van der Waals surface area contributed by atoms with Crippen LogP contribution in [0.4, 0.5) is 43.9 Å². The summed E-state index contributed by atoms with van der Waals surface area (Å²) >= 11 is -2.63. The zero-order chi connectivity index (χ0) is 47.2. The summed E-state index contributed by atoms with van der Waals surface area (Å²) in [6.45, 7) is 3.23. The fourth-order valence-electron chi connectivity index (χ4n) is 6.31. The second-order valence-corrected chi connectivity index (χ2v) is 25.4. The molecular formula is C44H27F10IO6S4. The molecular weight excluding hydrogens is 1070 g/mol. The Labute approximate surface area is 379 Å². The van der Waals surface area contributed by atoms with Crippen molar-refractivity contribution >= 4 is 62.5 Å². The quantitative estimate of drug-likeness (QED) is 0.0492. The summed E-state index contributed by atoms with van der Waals surface area (Å²) in [4.78, 5) is -2.77. The van der Waals surface area contributed by atoms with E-state index < -0.39 is 119 Å². The van der Waals surface area contributed by atoms with Crippen LogP contribution >= 0.6 is 42.3 Å². The fourth-order valence-corrected chi connectivity index (χ4v) is 19.8. The second-order valence-electron chi connectivity index (χ2n) is 13.5. The Balaban J connectivity index is 1.28. The third-order valence-electron chi connectivity index (χ3n) is 9.32. The van der Waals surface area contributed by atoms with Gasteiger partial charge in [-0.15, -0.1) is 0 Å². The molecule has 0 N–H and O–H groups in total. The summed E-state index contributed by atoms with van der Waals surface area (Å²) in [7, 11) is -15.1. The first kappa shape index (κ1) is 48.0. The molecule has 0 aliphatic carbocycles. The van der Waals surface area contributed by atoms with Gasteiger partial charge in [0.25, 0.3) is 0 Å². The molecule has 0 aliphatic rings. The van der Waals surface area contributed by atoms with E-state index in [1.807, 2.05) is 0 Å².